The van der Waals surface area contributed by atoms with Crippen LogP contribution in [0.15, 0.2) is 22.0 Å². The van der Waals surface area contributed by atoms with Crippen molar-refractivity contribution in [3.05, 3.63) is 27.7 Å². The van der Waals surface area contributed by atoms with Gasteiger partial charge in [0.2, 0.25) is 5.91 Å². The van der Waals surface area contributed by atoms with Gasteiger partial charge < -0.3 is 10.6 Å². The molecule has 0 unspecified atom stereocenters. The maximum atomic E-state index is 11.7. The molecule has 0 spiro atoms. The topological polar surface area (TPSA) is 54.0 Å². The molecule has 1 aromatic heterocycles. The zero-order chi connectivity index (χ0) is 10.7. The summed E-state index contributed by atoms with van der Waals surface area (Å²) in [4.78, 5) is 15.8. The van der Waals surface area contributed by atoms with Crippen LogP contribution in [0.4, 0.5) is 0 Å². The molecule has 4 nitrogen and oxygen atoms in total. The molecule has 0 atom stereocenters. The van der Waals surface area contributed by atoms with Crippen LogP contribution in [-0.4, -0.2) is 24.0 Å². The largest absolute Gasteiger partial charge is 0.347 e. The van der Waals surface area contributed by atoms with Crippen LogP contribution in [0, 0.1) is 0 Å². The van der Waals surface area contributed by atoms with Gasteiger partial charge in [-0.3, -0.25) is 4.79 Å². The Morgan fingerprint density at radius 1 is 1.67 bits per heavy atom. The van der Waals surface area contributed by atoms with Crippen molar-refractivity contribution >= 4 is 17.2 Å². The Morgan fingerprint density at radius 2 is 2.47 bits per heavy atom. The highest BCUT2D eigenvalue weighted by molar-refractivity contribution is 7.07. The Morgan fingerprint density at radius 3 is 3.00 bits per heavy atom. The van der Waals surface area contributed by atoms with Crippen LogP contribution < -0.4 is 10.6 Å². The first-order valence-corrected chi connectivity index (χ1v) is 5.76. The molecule has 15 heavy (non-hydrogen) atoms. The fourth-order valence-corrected chi connectivity index (χ4v) is 1.86. The van der Waals surface area contributed by atoms with Crippen molar-refractivity contribution in [1.29, 1.82) is 0 Å². The number of nitrogens with one attached hydrogen (secondary N) is 2. The van der Waals surface area contributed by atoms with Crippen molar-refractivity contribution in [2.24, 2.45) is 0 Å². The molecule has 80 valence electrons. The zero-order valence-electron chi connectivity index (χ0n) is 8.54. The number of nitrogens with zero attached hydrogens (tertiary/aromatic N) is 1. The minimum atomic E-state index is 0.0134. The number of carbonyl (C=O) groups excluding carboxylic acids is 1. The van der Waals surface area contributed by atoms with Gasteiger partial charge in [-0.05, 0) is 12.5 Å². The average Bonchev–Trinajstić information content (AvgIpc) is 2.63. The van der Waals surface area contributed by atoms with E-state index >= 15 is 0 Å². The molecule has 1 aliphatic heterocycles. The van der Waals surface area contributed by atoms with Gasteiger partial charge in [0.15, 0.2) is 0 Å². The first-order valence-electron chi connectivity index (χ1n) is 4.82. The van der Waals surface area contributed by atoms with Crippen molar-refractivity contribution in [1.82, 2.24) is 15.6 Å². The Bertz CT molecular complexity index is 377. The van der Waals surface area contributed by atoms with Crippen molar-refractivity contribution in [3.8, 4) is 0 Å². The molecule has 1 saturated heterocycles. The third-order valence-corrected chi connectivity index (χ3v) is 3.10. The lowest BCUT2D eigenvalue weighted by Crippen LogP contribution is -2.37. The van der Waals surface area contributed by atoms with Crippen LogP contribution in [0.2, 0.25) is 0 Å². The summed E-state index contributed by atoms with van der Waals surface area (Å²) in [5.74, 6) is 0.0134. The minimum absolute atomic E-state index is 0.0134. The number of amides is 1. The van der Waals surface area contributed by atoms with Crippen molar-refractivity contribution in [2.45, 2.75) is 13.5 Å². The number of rotatable bonds is 3. The van der Waals surface area contributed by atoms with Crippen molar-refractivity contribution < 1.29 is 4.79 Å². The van der Waals surface area contributed by atoms with Gasteiger partial charge in [-0.25, -0.2) is 4.98 Å². The van der Waals surface area contributed by atoms with E-state index in [1.54, 1.807) is 5.51 Å². The molecule has 2 N–H and O–H groups in total. The molecule has 2 heterocycles. The van der Waals surface area contributed by atoms with E-state index in [1.165, 1.54) is 16.9 Å². The predicted molar refractivity (Wildman–Crippen MR) is 59.5 cm³/mol. The summed E-state index contributed by atoms with van der Waals surface area (Å²) in [6.45, 7) is 4.07. The fourth-order valence-electron chi connectivity index (χ4n) is 1.30. The number of thiazole rings is 1. The van der Waals surface area contributed by atoms with Gasteiger partial charge >= 0.3 is 0 Å². The molecule has 5 heteroatoms. The number of aromatic nitrogens is 1. The highest BCUT2D eigenvalue weighted by Gasteiger charge is 2.15. The molecule has 0 bridgehead atoms. The molecule has 2 rings (SSSR count). The van der Waals surface area contributed by atoms with Gasteiger partial charge in [0.25, 0.3) is 0 Å². The SMILES string of the molecule is CC(C(=O)NCc1cscn1)=C1CNC1. The van der Waals surface area contributed by atoms with Crippen LogP contribution in [0.25, 0.3) is 0 Å². The molecule has 1 aromatic rings. The Balaban J connectivity index is 1.87. The molecular weight excluding hydrogens is 210 g/mol. The fraction of sp³-hybridized carbons (Fsp3) is 0.400. The summed E-state index contributed by atoms with van der Waals surface area (Å²) >= 11 is 1.54. The van der Waals surface area contributed by atoms with E-state index in [-0.39, 0.29) is 5.91 Å². The maximum absolute atomic E-state index is 11.7. The molecule has 0 saturated carbocycles. The third-order valence-electron chi connectivity index (χ3n) is 2.46. The van der Waals surface area contributed by atoms with Gasteiger partial charge in [0.05, 0.1) is 17.7 Å². The Hall–Kier alpha value is -1.20. The lowest BCUT2D eigenvalue weighted by molar-refractivity contribution is -0.117. The van der Waals surface area contributed by atoms with E-state index in [4.69, 9.17) is 0 Å². The highest BCUT2D eigenvalue weighted by Crippen LogP contribution is 2.09. The van der Waals surface area contributed by atoms with Gasteiger partial charge in [-0.1, -0.05) is 0 Å². The van der Waals surface area contributed by atoms with Gasteiger partial charge in [-0.2, -0.15) is 0 Å². The lowest BCUT2D eigenvalue weighted by atomic mass is 10.0. The molecule has 1 amide bonds. The minimum Gasteiger partial charge on any atom is -0.347 e. The van der Waals surface area contributed by atoms with E-state index < -0.39 is 0 Å². The summed E-state index contributed by atoms with van der Waals surface area (Å²) in [5, 5.41) is 7.91. The Kier molecular flexibility index (Phi) is 3.13. The highest BCUT2D eigenvalue weighted by atomic mass is 32.1. The summed E-state index contributed by atoms with van der Waals surface area (Å²) in [6, 6.07) is 0. The van der Waals surface area contributed by atoms with Crippen LogP contribution >= 0.6 is 11.3 Å². The van der Waals surface area contributed by atoms with Crippen molar-refractivity contribution in [3.63, 3.8) is 0 Å². The van der Waals surface area contributed by atoms with E-state index in [1.807, 2.05) is 12.3 Å². The third kappa shape index (κ3) is 2.43. The zero-order valence-corrected chi connectivity index (χ0v) is 9.36. The maximum Gasteiger partial charge on any atom is 0.247 e. The Labute approximate surface area is 92.4 Å². The van der Waals surface area contributed by atoms with E-state index in [9.17, 15) is 4.79 Å². The van der Waals surface area contributed by atoms with Gasteiger partial charge in [-0.15, -0.1) is 11.3 Å². The van der Waals surface area contributed by atoms with E-state index in [2.05, 4.69) is 15.6 Å². The number of carbonyl (C=O) groups is 1. The summed E-state index contributed by atoms with van der Waals surface area (Å²) in [5.41, 5.74) is 4.72. The second-order valence-corrected chi connectivity index (χ2v) is 4.21. The lowest BCUT2D eigenvalue weighted by Gasteiger charge is -2.21. The molecular formula is C10H13N3OS. The quantitative estimate of drug-likeness (QED) is 0.741. The summed E-state index contributed by atoms with van der Waals surface area (Å²) < 4.78 is 0. The monoisotopic (exact) mass is 223 g/mol. The van der Waals surface area contributed by atoms with Crippen LogP contribution in [0.1, 0.15) is 12.6 Å². The normalized spacial score (nSPS) is 14.6. The molecule has 0 aliphatic carbocycles. The number of hydrogen-bond acceptors (Lipinski definition) is 4. The summed E-state index contributed by atoms with van der Waals surface area (Å²) in [7, 11) is 0. The second-order valence-electron chi connectivity index (χ2n) is 3.49. The predicted octanol–water partition coefficient (Wildman–Crippen LogP) is 0.679. The molecule has 1 aliphatic rings. The van der Waals surface area contributed by atoms with Gasteiger partial charge in [0.1, 0.15) is 0 Å². The first-order chi connectivity index (χ1) is 7.27. The molecule has 1 fully saturated rings. The molecule has 0 radical (unpaired) electrons. The standard InChI is InChI=1S/C10H13N3OS/c1-7(8-2-11-3-8)10(14)12-4-9-5-15-6-13-9/h5-6,11H,2-4H2,1H3,(H,12,14). The van der Waals surface area contributed by atoms with Crippen LogP contribution in [0.5, 0.6) is 0 Å². The first kappa shape index (κ1) is 10.3. The van der Waals surface area contributed by atoms with Gasteiger partial charge in [0, 0.05) is 24.0 Å². The average molecular weight is 223 g/mol. The van der Waals surface area contributed by atoms with E-state index in [0.29, 0.717) is 6.54 Å². The second kappa shape index (κ2) is 4.55. The smallest absolute Gasteiger partial charge is 0.247 e. The van der Waals surface area contributed by atoms with Crippen molar-refractivity contribution in [2.75, 3.05) is 13.1 Å². The van der Waals surface area contributed by atoms with E-state index in [0.717, 1.165) is 24.4 Å². The van der Waals surface area contributed by atoms with Crippen LogP contribution in [-0.2, 0) is 11.3 Å². The van der Waals surface area contributed by atoms with Crippen LogP contribution in [0.3, 0.4) is 0 Å². The molecule has 0 aromatic carbocycles. The summed E-state index contributed by atoms with van der Waals surface area (Å²) in [6.07, 6.45) is 0. The number of hydrogen-bond donors (Lipinski definition) is 2.